The van der Waals surface area contributed by atoms with Gasteiger partial charge in [0, 0.05) is 32.1 Å². The normalized spacial score (nSPS) is 10.7. The van der Waals surface area contributed by atoms with Crippen LogP contribution in [0.2, 0.25) is 0 Å². The van der Waals surface area contributed by atoms with Gasteiger partial charge in [0.25, 0.3) is 5.91 Å². The maximum Gasteiger partial charge on any atom is 0.270 e. The van der Waals surface area contributed by atoms with Gasteiger partial charge in [0.2, 0.25) is 5.95 Å². The SMILES string of the molecule is COCCCNC(=O)c1ccnc(Nc2ccccc2C(C)C)n1. The van der Waals surface area contributed by atoms with E-state index in [1.165, 1.54) is 5.56 Å². The van der Waals surface area contributed by atoms with E-state index in [1.807, 2.05) is 18.2 Å². The molecule has 0 radical (unpaired) electrons. The van der Waals surface area contributed by atoms with Crippen molar-refractivity contribution in [2.24, 2.45) is 0 Å². The van der Waals surface area contributed by atoms with Crippen LogP contribution in [0.15, 0.2) is 36.5 Å². The molecular weight excluding hydrogens is 304 g/mol. The molecule has 1 aromatic heterocycles. The lowest BCUT2D eigenvalue weighted by Crippen LogP contribution is -2.26. The third-order valence-corrected chi connectivity index (χ3v) is 3.53. The molecule has 2 aromatic rings. The van der Waals surface area contributed by atoms with Crippen LogP contribution in [0.1, 0.15) is 42.2 Å². The Morgan fingerprint density at radius 2 is 2.04 bits per heavy atom. The predicted molar refractivity (Wildman–Crippen MR) is 94.7 cm³/mol. The summed E-state index contributed by atoms with van der Waals surface area (Å²) < 4.78 is 4.96. The molecule has 0 bridgehead atoms. The van der Waals surface area contributed by atoms with Gasteiger partial charge in [-0.25, -0.2) is 9.97 Å². The molecule has 128 valence electrons. The van der Waals surface area contributed by atoms with Crippen LogP contribution in [-0.4, -0.2) is 36.1 Å². The second-order valence-electron chi connectivity index (χ2n) is 5.73. The summed E-state index contributed by atoms with van der Waals surface area (Å²) in [4.78, 5) is 20.6. The van der Waals surface area contributed by atoms with Gasteiger partial charge in [-0.15, -0.1) is 0 Å². The van der Waals surface area contributed by atoms with Crippen molar-refractivity contribution in [3.63, 3.8) is 0 Å². The largest absolute Gasteiger partial charge is 0.385 e. The average Bonchev–Trinajstić information content (AvgIpc) is 2.59. The fourth-order valence-electron chi connectivity index (χ4n) is 2.29. The molecule has 1 heterocycles. The number of benzene rings is 1. The van der Waals surface area contributed by atoms with Crippen LogP contribution in [0, 0.1) is 0 Å². The summed E-state index contributed by atoms with van der Waals surface area (Å²) in [5.41, 5.74) is 2.47. The number of methoxy groups -OCH3 is 1. The van der Waals surface area contributed by atoms with Crippen molar-refractivity contribution in [3.8, 4) is 0 Å². The molecule has 2 rings (SSSR count). The summed E-state index contributed by atoms with van der Waals surface area (Å²) in [5.74, 6) is 0.572. The average molecular weight is 328 g/mol. The first-order valence-electron chi connectivity index (χ1n) is 8.08. The molecule has 0 fully saturated rings. The maximum atomic E-state index is 12.1. The fourth-order valence-corrected chi connectivity index (χ4v) is 2.29. The van der Waals surface area contributed by atoms with Gasteiger partial charge >= 0.3 is 0 Å². The number of nitrogens with zero attached hydrogens (tertiary/aromatic N) is 2. The monoisotopic (exact) mass is 328 g/mol. The number of nitrogens with one attached hydrogen (secondary N) is 2. The minimum absolute atomic E-state index is 0.214. The third-order valence-electron chi connectivity index (χ3n) is 3.53. The molecule has 6 nitrogen and oxygen atoms in total. The van der Waals surface area contributed by atoms with Crippen LogP contribution < -0.4 is 10.6 Å². The van der Waals surface area contributed by atoms with E-state index >= 15 is 0 Å². The summed E-state index contributed by atoms with van der Waals surface area (Å²) in [6.45, 7) is 5.43. The number of carbonyl (C=O) groups is 1. The van der Waals surface area contributed by atoms with Gasteiger partial charge in [-0.3, -0.25) is 4.79 Å². The summed E-state index contributed by atoms with van der Waals surface area (Å²) in [6, 6.07) is 9.62. The number of amides is 1. The molecule has 1 aromatic carbocycles. The Hall–Kier alpha value is -2.47. The van der Waals surface area contributed by atoms with Crippen molar-refractivity contribution in [3.05, 3.63) is 47.8 Å². The third kappa shape index (κ3) is 5.03. The lowest BCUT2D eigenvalue weighted by Gasteiger charge is -2.13. The highest BCUT2D eigenvalue weighted by Gasteiger charge is 2.10. The van der Waals surface area contributed by atoms with Crippen molar-refractivity contribution in [2.45, 2.75) is 26.2 Å². The lowest BCUT2D eigenvalue weighted by atomic mass is 10.0. The van der Waals surface area contributed by atoms with Crippen molar-refractivity contribution in [1.29, 1.82) is 0 Å². The number of para-hydroxylation sites is 1. The Kier molecular flexibility index (Phi) is 6.69. The van der Waals surface area contributed by atoms with E-state index in [0.29, 0.717) is 30.7 Å². The first kappa shape index (κ1) is 17.9. The van der Waals surface area contributed by atoms with E-state index < -0.39 is 0 Å². The molecule has 0 aliphatic heterocycles. The van der Waals surface area contributed by atoms with E-state index in [0.717, 1.165) is 12.1 Å². The Morgan fingerprint density at radius 3 is 2.79 bits per heavy atom. The zero-order valence-corrected chi connectivity index (χ0v) is 14.4. The summed E-state index contributed by atoms with van der Waals surface area (Å²) >= 11 is 0. The van der Waals surface area contributed by atoms with Crippen molar-refractivity contribution in [2.75, 3.05) is 25.6 Å². The molecule has 0 unspecified atom stereocenters. The zero-order valence-electron chi connectivity index (χ0n) is 14.4. The van der Waals surface area contributed by atoms with Gasteiger partial charge in [0.1, 0.15) is 5.69 Å². The van der Waals surface area contributed by atoms with E-state index in [2.05, 4.69) is 40.5 Å². The molecule has 0 aliphatic carbocycles. The van der Waals surface area contributed by atoms with Crippen molar-refractivity contribution >= 4 is 17.5 Å². The van der Waals surface area contributed by atoms with Crippen LogP contribution in [0.25, 0.3) is 0 Å². The molecular formula is C18H24N4O2. The quantitative estimate of drug-likeness (QED) is 0.728. The zero-order chi connectivity index (χ0) is 17.4. The number of anilines is 2. The second-order valence-corrected chi connectivity index (χ2v) is 5.73. The smallest absolute Gasteiger partial charge is 0.270 e. The van der Waals surface area contributed by atoms with Gasteiger partial charge in [0.15, 0.2) is 0 Å². The van der Waals surface area contributed by atoms with Gasteiger partial charge in [-0.2, -0.15) is 0 Å². The first-order chi connectivity index (χ1) is 11.6. The lowest BCUT2D eigenvalue weighted by molar-refractivity contribution is 0.0943. The highest BCUT2D eigenvalue weighted by atomic mass is 16.5. The van der Waals surface area contributed by atoms with Crippen molar-refractivity contribution < 1.29 is 9.53 Å². The fraction of sp³-hybridized carbons (Fsp3) is 0.389. The van der Waals surface area contributed by atoms with Crippen molar-refractivity contribution in [1.82, 2.24) is 15.3 Å². The second kappa shape index (κ2) is 8.98. The molecule has 6 heteroatoms. The number of rotatable bonds is 8. The Labute approximate surface area is 142 Å². The van der Waals surface area contributed by atoms with Gasteiger partial charge in [0.05, 0.1) is 0 Å². The number of hydrogen-bond donors (Lipinski definition) is 2. The number of hydrogen-bond acceptors (Lipinski definition) is 5. The van der Waals surface area contributed by atoms with Gasteiger partial charge < -0.3 is 15.4 Å². The van der Waals surface area contributed by atoms with E-state index in [1.54, 1.807) is 19.4 Å². The highest BCUT2D eigenvalue weighted by Crippen LogP contribution is 2.25. The van der Waals surface area contributed by atoms with Gasteiger partial charge in [-0.1, -0.05) is 32.0 Å². The highest BCUT2D eigenvalue weighted by molar-refractivity contribution is 5.92. The van der Waals surface area contributed by atoms with Gasteiger partial charge in [-0.05, 0) is 30.0 Å². The molecule has 24 heavy (non-hydrogen) atoms. The molecule has 2 N–H and O–H groups in total. The maximum absolute atomic E-state index is 12.1. The summed E-state index contributed by atoms with van der Waals surface area (Å²) in [5, 5.41) is 6.02. The Bertz CT molecular complexity index is 674. The van der Waals surface area contributed by atoms with E-state index in [9.17, 15) is 4.79 Å². The Balaban J connectivity index is 2.07. The Morgan fingerprint density at radius 1 is 1.25 bits per heavy atom. The molecule has 0 spiro atoms. The van der Waals surface area contributed by atoms with E-state index in [-0.39, 0.29) is 5.91 Å². The van der Waals surface area contributed by atoms with Crippen LogP contribution >= 0.6 is 0 Å². The van der Waals surface area contributed by atoms with Crippen LogP contribution in [0.5, 0.6) is 0 Å². The number of ether oxygens (including phenoxy) is 1. The summed E-state index contributed by atoms with van der Waals surface area (Å²) in [6.07, 6.45) is 2.34. The summed E-state index contributed by atoms with van der Waals surface area (Å²) in [7, 11) is 1.64. The molecule has 1 amide bonds. The number of carbonyl (C=O) groups excluding carboxylic acids is 1. The first-order valence-corrected chi connectivity index (χ1v) is 8.08. The standard InChI is InChI=1S/C18H24N4O2/c1-13(2)14-7-4-5-8-15(14)21-18-20-11-9-16(22-18)17(23)19-10-6-12-24-3/h4-5,7-9,11,13H,6,10,12H2,1-3H3,(H,19,23)(H,20,21,22). The molecule has 0 atom stereocenters. The van der Waals surface area contributed by atoms with Crippen LogP contribution in [0.3, 0.4) is 0 Å². The predicted octanol–water partition coefficient (Wildman–Crippen LogP) is 3.11. The van der Waals surface area contributed by atoms with Crippen LogP contribution in [0.4, 0.5) is 11.6 Å². The van der Waals surface area contributed by atoms with Crippen LogP contribution in [-0.2, 0) is 4.74 Å². The molecule has 0 saturated heterocycles. The topological polar surface area (TPSA) is 76.1 Å². The number of aromatic nitrogens is 2. The minimum Gasteiger partial charge on any atom is -0.385 e. The molecule has 0 saturated carbocycles. The minimum atomic E-state index is -0.214. The molecule has 0 aliphatic rings. The van der Waals surface area contributed by atoms with E-state index in [4.69, 9.17) is 4.74 Å².